The van der Waals surface area contributed by atoms with Crippen molar-refractivity contribution in [2.24, 2.45) is 0 Å². The van der Waals surface area contributed by atoms with Gasteiger partial charge in [0.1, 0.15) is 0 Å². The highest BCUT2D eigenvalue weighted by atomic mass is 79.9. The molecular formula is C14H11BrN2O2S2. The lowest BCUT2D eigenvalue weighted by Crippen LogP contribution is -1.96. The molecule has 0 aliphatic heterocycles. The Hall–Kier alpha value is -1.70. The van der Waals surface area contributed by atoms with Crippen LogP contribution in [-0.4, -0.2) is 16.1 Å². The van der Waals surface area contributed by atoms with Crippen LogP contribution in [0.5, 0.6) is 0 Å². The maximum atomic E-state index is 10.8. The number of carbonyl (C=O) groups is 1. The Bertz CT molecular complexity index is 724. The van der Waals surface area contributed by atoms with Gasteiger partial charge in [-0.05, 0) is 35.7 Å². The summed E-state index contributed by atoms with van der Waals surface area (Å²) >= 11 is 3.17. The monoisotopic (exact) mass is 382 g/mol. The molecule has 0 atom stereocenters. The fourth-order valence-corrected chi connectivity index (χ4v) is 3.18. The predicted molar refractivity (Wildman–Crippen MR) is 92.4 cm³/mol. The molecule has 4 nitrogen and oxygen atoms in total. The molecule has 0 aliphatic rings. The van der Waals surface area contributed by atoms with Crippen molar-refractivity contribution in [1.29, 1.82) is 0 Å². The molecule has 0 amide bonds. The lowest BCUT2D eigenvalue weighted by Gasteiger charge is -2.02. The molecule has 7 heteroatoms. The summed E-state index contributed by atoms with van der Waals surface area (Å²) in [5.74, 6) is -0.925. The number of aromatic carboxylic acids is 1. The minimum atomic E-state index is -0.925. The van der Waals surface area contributed by atoms with E-state index in [1.807, 2.05) is 22.9 Å². The second-order valence-corrected chi connectivity index (χ2v) is 5.83. The van der Waals surface area contributed by atoms with E-state index in [1.54, 1.807) is 35.6 Å². The molecule has 0 radical (unpaired) electrons. The number of nitrogens with one attached hydrogen (secondary N) is 1. The van der Waals surface area contributed by atoms with Crippen molar-refractivity contribution >= 4 is 56.4 Å². The second-order valence-electron chi connectivity index (χ2n) is 4.02. The molecule has 1 aromatic carbocycles. The van der Waals surface area contributed by atoms with E-state index in [2.05, 4.69) is 10.3 Å². The number of halogens is 1. The average molecular weight is 383 g/mol. The van der Waals surface area contributed by atoms with Crippen LogP contribution in [0.15, 0.2) is 47.2 Å². The van der Waals surface area contributed by atoms with E-state index in [9.17, 15) is 4.79 Å². The summed E-state index contributed by atoms with van der Waals surface area (Å²) in [6.07, 6.45) is 0. The molecule has 2 heterocycles. The number of thiophene rings is 1. The Balaban J connectivity index is 0.00000161. The van der Waals surface area contributed by atoms with Gasteiger partial charge in [0.25, 0.3) is 0 Å². The quantitative estimate of drug-likeness (QED) is 0.673. The van der Waals surface area contributed by atoms with E-state index >= 15 is 0 Å². The van der Waals surface area contributed by atoms with Crippen LogP contribution in [0.4, 0.5) is 10.8 Å². The van der Waals surface area contributed by atoms with Gasteiger partial charge in [0.15, 0.2) is 5.13 Å². The number of hydrogen-bond acceptors (Lipinski definition) is 5. The minimum Gasteiger partial charge on any atom is -0.478 e. The third-order valence-electron chi connectivity index (χ3n) is 2.66. The van der Waals surface area contributed by atoms with Gasteiger partial charge in [-0.15, -0.1) is 39.7 Å². The number of carboxylic acids is 1. The molecule has 0 fully saturated rings. The van der Waals surface area contributed by atoms with Crippen molar-refractivity contribution in [1.82, 2.24) is 4.98 Å². The third-order valence-corrected chi connectivity index (χ3v) is 4.31. The van der Waals surface area contributed by atoms with E-state index in [4.69, 9.17) is 5.11 Å². The first-order valence-electron chi connectivity index (χ1n) is 5.82. The number of rotatable bonds is 4. The second kappa shape index (κ2) is 6.84. The van der Waals surface area contributed by atoms with Gasteiger partial charge in [0.2, 0.25) is 0 Å². The Morgan fingerprint density at radius 2 is 1.90 bits per heavy atom. The van der Waals surface area contributed by atoms with Gasteiger partial charge in [-0.2, -0.15) is 0 Å². The van der Waals surface area contributed by atoms with Crippen molar-refractivity contribution in [2.45, 2.75) is 0 Å². The molecule has 0 saturated carbocycles. The van der Waals surface area contributed by atoms with Gasteiger partial charge >= 0.3 is 5.97 Å². The minimum absolute atomic E-state index is 0. The van der Waals surface area contributed by atoms with Crippen molar-refractivity contribution in [3.05, 3.63) is 52.7 Å². The molecule has 0 bridgehead atoms. The smallest absolute Gasteiger partial charge is 0.335 e. The van der Waals surface area contributed by atoms with E-state index in [1.165, 1.54) is 11.3 Å². The zero-order valence-corrected chi connectivity index (χ0v) is 14.0. The number of carboxylic acid groups (broad SMARTS) is 1. The van der Waals surface area contributed by atoms with E-state index in [0.717, 1.165) is 21.4 Å². The van der Waals surface area contributed by atoms with Gasteiger partial charge in [-0.1, -0.05) is 6.07 Å². The van der Waals surface area contributed by atoms with E-state index in [0.29, 0.717) is 0 Å². The van der Waals surface area contributed by atoms with Crippen LogP contribution in [-0.2, 0) is 0 Å². The molecule has 2 aromatic heterocycles. The van der Waals surface area contributed by atoms with Gasteiger partial charge in [0.05, 0.1) is 16.1 Å². The van der Waals surface area contributed by atoms with Crippen LogP contribution in [0.1, 0.15) is 10.4 Å². The lowest BCUT2D eigenvalue weighted by atomic mass is 10.2. The largest absolute Gasteiger partial charge is 0.478 e. The molecule has 3 aromatic rings. The SMILES string of the molecule is Br.O=C(O)c1ccc(Nc2nc(-c3cccs3)cs2)cc1. The zero-order valence-electron chi connectivity index (χ0n) is 10.6. The van der Waals surface area contributed by atoms with Gasteiger partial charge in [0, 0.05) is 11.1 Å². The van der Waals surface area contributed by atoms with Crippen LogP contribution in [0, 0.1) is 0 Å². The maximum Gasteiger partial charge on any atom is 0.335 e. The summed E-state index contributed by atoms with van der Waals surface area (Å²) in [6.45, 7) is 0. The molecule has 0 unspecified atom stereocenters. The lowest BCUT2D eigenvalue weighted by molar-refractivity contribution is 0.0697. The molecule has 0 aliphatic carbocycles. The van der Waals surface area contributed by atoms with Gasteiger partial charge in [-0.3, -0.25) is 0 Å². The van der Waals surface area contributed by atoms with Gasteiger partial charge < -0.3 is 10.4 Å². The molecule has 108 valence electrons. The van der Waals surface area contributed by atoms with E-state index in [-0.39, 0.29) is 22.5 Å². The van der Waals surface area contributed by atoms with Crippen LogP contribution >= 0.6 is 39.7 Å². The number of thiazole rings is 1. The predicted octanol–water partition coefficient (Wildman–Crippen LogP) is 4.89. The molecular weight excluding hydrogens is 372 g/mol. The van der Waals surface area contributed by atoms with Crippen LogP contribution < -0.4 is 5.32 Å². The molecule has 3 rings (SSSR count). The first kappa shape index (κ1) is 15.7. The maximum absolute atomic E-state index is 10.8. The summed E-state index contributed by atoms with van der Waals surface area (Å²) in [7, 11) is 0. The van der Waals surface area contributed by atoms with Crippen molar-refractivity contribution in [3.63, 3.8) is 0 Å². The van der Waals surface area contributed by atoms with Crippen LogP contribution in [0.3, 0.4) is 0 Å². The van der Waals surface area contributed by atoms with Gasteiger partial charge in [-0.25, -0.2) is 9.78 Å². The normalized spacial score (nSPS) is 9.90. The van der Waals surface area contributed by atoms with E-state index < -0.39 is 5.97 Å². The van der Waals surface area contributed by atoms with Crippen LogP contribution in [0.25, 0.3) is 10.6 Å². The summed E-state index contributed by atoms with van der Waals surface area (Å²) < 4.78 is 0. The Morgan fingerprint density at radius 1 is 1.14 bits per heavy atom. The first-order chi connectivity index (χ1) is 9.72. The summed E-state index contributed by atoms with van der Waals surface area (Å²) in [5, 5.41) is 16.8. The molecule has 0 saturated heterocycles. The highest BCUT2D eigenvalue weighted by Gasteiger charge is 2.06. The number of benzene rings is 1. The fraction of sp³-hybridized carbons (Fsp3) is 0. The molecule has 2 N–H and O–H groups in total. The Kier molecular flexibility index (Phi) is 5.11. The van der Waals surface area contributed by atoms with Crippen molar-refractivity contribution in [3.8, 4) is 10.6 Å². The topological polar surface area (TPSA) is 62.2 Å². The fourth-order valence-electron chi connectivity index (χ4n) is 1.69. The number of nitrogens with zero attached hydrogens (tertiary/aromatic N) is 1. The molecule has 0 spiro atoms. The zero-order chi connectivity index (χ0) is 13.9. The Morgan fingerprint density at radius 3 is 2.52 bits per heavy atom. The number of anilines is 2. The van der Waals surface area contributed by atoms with Crippen LogP contribution in [0.2, 0.25) is 0 Å². The highest BCUT2D eigenvalue weighted by molar-refractivity contribution is 8.93. The van der Waals surface area contributed by atoms with Crippen molar-refractivity contribution in [2.75, 3.05) is 5.32 Å². The number of hydrogen-bond donors (Lipinski definition) is 2. The third kappa shape index (κ3) is 3.69. The number of aromatic nitrogens is 1. The summed E-state index contributed by atoms with van der Waals surface area (Å²) in [5.41, 5.74) is 2.05. The highest BCUT2D eigenvalue weighted by Crippen LogP contribution is 2.29. The Labute approximate surface area is 139 Å². The standard InChI is InChI=1S/C14H10N2O2S2.BrH/c17-13(18)9-3-5-10(6-4-9)15-14-16-11(8-20-14)12-2-1-7-19-12;/h1-8H,(H,15,16)(H,17,18);1H. The first-order valence-corrected chi connectivity index (χ1v) is 7.58. The molecule has 21 heavy (non-hydrogen) atoms. The summed E-state index contributed by atoms with van der Waals surface area (Å²) in [4.78, 5) is 16.4. The summed E-state index contributed by atoms with van der Waals surface area (Å²) in [6, 6.07) is 10.6. The van der Waals surface area contributed by atoms with Crippen molar-refractivity contribution < 1.29 is 9.90 Å². The average Bonchev–Trinajstić information content (AvgIpc) is 3.09.